The molecule has 1 amide bonds. The summed E-state index contributed by atoms with van der Waals surface area (Å²) >= 11 is 0. The van der Waals surface area contributed by atoms with Crippen LogP contribution in [-0.2, 0) is 0 Å². The average molecular weight is 292 g/mol. The van der Waals surface area contributed by atoms with Gasteiger partial charge in [-0.2, -0.15) is 0 Å². The zero-order chi connectivity index (χ0) is 15.4. The highest BCUT2D eigenvalue weighted by Crippen LogP contribution is 2.29. The quantitative estimate of drug-likeness (QED) is 0.683. The summed E-state index contributed by atoms with van der Waals surface area (Å²) in [6, 6.07) is 4.70. The molecule has 0 aliphatic carbocycles. The summed E-state index contributed by atoms with van der Waals surface area (Å²) in [5, 5.41) is 20.0. The number of hydrogen-bond acceptors (Lipinski definition) is 4. The predicted octanol–water partition coefficient (Wildman–Crippen LogP) is 2.76. The van der Waals surface area contributed by atoms with E-state index in [2.05, 4.69) is 0 Å². The number of piperidine rings is 1. The van der Waals surface area contributed by atoms with Crippen LogP contribution in [0.1, 0.15) is 18.4 Å². The van der Waals surface area contributed by atoms with E-state index in [0.29, 0.717) is 18.7 Å². The van der Waals surface area contributed by atoms with Gasteiger partial charge in [-0.15, -0.1) is 0 Å². The molecule has 1 aliphatic heterocycles. The number of nitrogens with zero attached hydrogens (tertiary/aromatic N) is 2. The number of hydrogen-bond donors (Lipinski definition) is 1. The highest BCUT2D eigenvalue weighted by molar-refractivity contribution is 5.67. The van der Waals surface area contributed by atoms with E-state index >= 15 is 0 Å². The fourth-order valence-electron chi connectivity index (χ4n) is 2.36. The van der Waals surface area contributed by atoms with Crippen molar-refractivity contribution in [2.75, 3.05) is 20.2 Å². The Morgan fingerprint density at radius 1 is 1.52 bits per heavy atom. The smallest absolute Gasteiger partial charge is 0.407 e. The van der Waals surface area contributed by atoms with Crippen LogP contribution in [0.5, 0.6) is 5.75 Å². The Kier molecular flexibility index (Phi) is 4.42. The summed E-state index contributed by atoms with van der Waals surface area (Å²) in [6.07, 6.45) is 2.42. The van der Waals surface area contributed by atoms with E-state index in [0.717, 1.165) is 18.4 Å². The number of likely N-dealkylation sites (tertiary alicyclic amines) is 1. The van der Waals surface area contributed by atoms with Crippen LogP contribution in [0.15, 0.2) is 23.8 Å². The van der Waals surface area contributed by atoms with Gasteiger partial charge < -0.3 is 14.7 Å². The third-order valence-corrected chi connectivity index (χ3v) is 3.36. The van der Waals surface area contributed by atoms with Crippen molar-refractivity contribution in [2.45, 2.75) is 12.8 Å². The van der Waals surface area contributed by atoms with E-state index in [1.807, 2.05) is 6.08 Å². The molecule has 0 bridgehead atoms. The summed E-state index contributed by atoms with van der Waals surface area (Å²) in [4.78, 5) is 22.8. The minimum absolute atomic E-state index is 0.0993. The Morgan fingerprint density at radius 2 is 2.29 bits per heavy atom. The largest absolute Gasteiger partial charge is 0.490 e. The highest BCUT2D eigenvalue weighted by atomic mass is 16.6. The van der Waals surface area contributed by atoms with Crippen LogP contribution in [0.3, 0.4) is 0 Å². The van der Waals surface area contributed by atoms with E-state index in [9.17, 15) is 14.9 Å². The second-order valence-electron chi connectivity index (χ2n) is 4.80. The molecule has 21 heavy (non-hydrogen) atoms. The molecule has 0 unspecified atom stereocenters. The molecule has 1 aliphatic rings. The Labute approximate surface area is 121 Å². The zero-order valence-electron chi connectivity index (χ0n) is 11.6. The standard InChI is InChI=1S/C14H16N2O5/c1-21-13-5-4-10(8-12(13)16(19)20)7-11-3-2-6-15(9-11)14(17)18/h4-5,7-8H,2-3,6,9H2,1H3,(H,17,18)/b11-7+. The molecule has 1 aromatic rings. The van der Waals surface area contributed by atoms with Crippen LogP contribution in [0.4, 0.5) is 10.5 Å². The first kappa shape index (κ1) is 14.8. The third kappa shape index (κ3) is 3.50. The van der Waals surface area contributed by atoms with Crippen LogP contribution in [0, 0.1) is 10.1 Å². The monoisotopic (exact) mass is 292 g/mol. The molecule has 1 saturated heterocycles. The van der Waals surface area contributed by atoms with Crippen molar-refractivity contribution in [1.82, 2.24) is 4.90 Å². The van der Waals surface area contributed by atoms with Gasteiger partial charge in [0, 0.05) is 19.2 Å². The molecule has 112 valence electrons. The van der Waals surface area contributed by atoms with Crippen molar-refractivity contribution in [3.05, 3.63) is 39.4 Å². The lowest BCUT2D eigenvalue weighted by molar-refractivity contribution is -0.385. The summed E-state index contributed by atoms with van der Waals surface area (Å²) in [5.74, 6) is 0.206. The summed E-state index contributed by atoms with van der Waals surface area (Å²) in [7, 11) is 1.38. The topological polar surface area (TPSA) is 92.9 Å². The SMILES string of the molecule is COc1ccc(/C=C2\CCCN(C(=O)O)C2)cc1[N+](=O)[O-]. The number of nitro benzene ring substituents is 1. The second-order valence-corrected chi connectivity index (χ2v) is 4.80. The number of ether oxygens (including phenoxy) is 1. The van der Waals surface area contributed by atoms with Crippen LogP contribution in [0.2, 0.25) is 0 Å². The minimum Gasteiger partial charge on any atom is -0.490 e. The van der Waals surface area contributed by atoms with Gasteiger partial charge in [-0.25, -0.2) is 4.79 Å². The molecular formula is C14H16N2O5. The lowest BCUT2D eigenvalue weighted by Gasteiger charge is -2.26. The van der Waals surface area contributed by atoms with Crippen molar-refractivity contribution in [3.8, 4) is 5.75 Å². The molecule has 2 rings (SSSR count). The fourth-order valence-corrected chi connectivity index (χ4v) is 2.36. The Balaban J connectivity index is 2.26. The molecule has 1 heterocycles. The highest BCUT2D eigenvalue weighted by Gasteiger charge is 2.19. The number of benzene rings is 1. The van der Waals surface area contributed by atoms with Gasteiger partial charge in [0.15, 0.2) is 5.75 Å². The van der Waals surface area contributed by atoms with Crippen molar-refractivity contribution >= 4 is 17.9 Å². The van der Waals surface area contributed by atoms with Gasteiger partial charge in [-0.1, -0.05) is 17.7 Å². The Bertz CT molecular complexity index is 597. The van der Waals surface area contributed by atoms with Crippen molar-refractivity contribution in [3.63, 3.8) is 0 Å². The number of carbonyl (C=O) groups is 1. The lowest BCUT2D eigenvalue weighted by Crippen LogP contribution is -2.35. The molecule has 1 aromatic carbocycles. The molecule has 0 atom stereocenters. The summed E-state index contributed by atoms with van der Waals surface area (Å²) in [6.45, 7) is 0.866. The normalized spacial score (nSPS) is 16.8. The lowest BCUT2D eigenvalue weighted by atomic mass is 10.0. The van der Waals surface area contributed by atoms with E-state index < -0.39 is 11.0 Å². The van der Waals surface area contributed by atoms with Gasteiger partial charge in [-0.3, -0.25) is 10.1 Å². The molecule has 7 heteroatoms. The van der Waals surface area contributed by atoms with E-state index in [4.69, 9.17) is 9.84 Å². The maximum atomic E-state index is 11.0. The van der Waals surface area contributed by atoms with Crippen LogP contribution in [-0.4, -0.2) is 41.2 Å². The third-order valence-electron chi connectivity index (χ3n) is 3.36. The van der Waals surface area contributed by atoms with Gasteiger partial charge >= 0.3 is 11.8 Å². The van der Waals surface area contributed by atoms with Gasteiger partial charge in [0.05, 0.1) is 12.0 Å². The van der Waals surface area contributed by atoms with Crippen LogP contribution in [0.25, 0.3) is 6.08 Å². The average Bonchev–Trinajstić information content (AvgIpc) is 2.47. The van der Waals surface area contributed by atoms with Crippen molar-refractivity contribution in [2.24, 2.45) is 0 Å². The van der Waals surface area contributed by atoms with Gasteiger partial charge in [-0.05, 0) is 24.5 Å². The van der Waals surface area contributed by atoms with E-state index in [-0.39, 0.29) is 11.4 Å². The number of methoxy groups -OCH3 is 1. The van der Waals surface area contributed by atoms with Crippen molar-refractivity contribution < 1.29 is 19.6 Å². The maximum absolute atomic E-state index is 11.0. The first-order valence-electron chi connectivity index (χ1n) is 6.51. The van der Waals surface area contributed by atoms with E-state index in [1.54, 1.807) is 12.1 Å². The summed E-state index contributed by atoms with van der Waals surface area (Å²) < 4.78 is 4.95. The first-order chi connectivity index (χ1) is 10.0. The maximum Gasteiger partial charge on any atom is 0.407 e. The molecule has 0 aromatic heterocycles. The predicted molar refractivity (Wildman–Crippen MR) is 76.5 cm³/mol. The fraction of sp³-hybridized carbons (Fsp3) is 0.357. The van der Waals surface area contributed by atoms with Crippen LogP contribution >= 0.6 is 0 Å². The molecule has 0 radical (unpaired) electrons. The van der Waals surface area contributed by atoms with Gasteiger partial charge in [0.1, 0.15) is 0 Å². The van der Waals surface area contributed by atoms with Gasteiger partial charge in [0.25, 0.3) is 0 Å². The van der Waals surface area contributed by atoms with E-state index in [1.165, 1.54) is 18.1 Å². The van der Waals surface area contributed by atoms with Crippen LogP contribution < -0.4 is 4.74 Å². The first-order valence-corrected chi connectivity index (χ1v) is 6.51. The molecule has 1 fully saturated rings. The summed E-state index contributed by atoms with van der Waals surface area (Å²) in [5.41, 5.74) is 1.52. The number of rotatable bonds is 3. The molecular weight excluding hydrogens is 276 g/mol. The Hall–Kier alpha value is -2.57. The zero-order valence-corrected chi connectivity index (χ0v) is 11.6. The number of carboxylic acid groups (broad SMARTS) is 1. The minimum atomic E-state index is -0.943. The number of amides is 1. The Morgan fingerprint density at radius 3 is 2.90 bits per heavy atom. The molecule has 0 spiro atoms. The van der Waals surface area contributed by atoms with Gasteiger partial charge in [0.2, 0.25) is 0 Å². The second kappa shape index (κ2) is 6.25. The van der Waals surface area contributed by atoms with Crippen molar-refractivity contribution in [1.29, 1.82) is 0 Å². The molecule has 1 N–H and O–H groups in total. The number of nitro groups is 1. The molecule has 7 nitrogen and oxygen atoms in total. The molecule has 0 saturated carbocycles.